The summed E-state index contributed by atoms with van der Waals surface area (Å²) in [6.45, 7) is 1.96. The lowest BCUT2D eigenvalue weighted by molar-refractivity contribution is 0.584. The number of rotatable bonds is 6. The molecule has 0 aromatic heterocycles. The first-order valence-corrected chi connectivity index (χ1v) is 7.55. The van der Waals surface area contributed by atoms with E-state index in [1.54, 1.807) is 6.92 Å². The standard InChI is InChI=1S/C10H16ClFN4O2S/c1-2-16-19(17,18)4-3-15-10-7(14)5-6(13)8(11)9(10)12/h5,15-16H,2-4,13-14H2,1H3. The van der Waals surface area contributed by atoms with Gasteiger partial charge in [-0.1, -0.05) is 18.5 Å². The summed E-state index contributed by atoms with van der Waals surface area (Å²) < 4.78 is 38.9. The van der Waals surface area contributed by atoms with Crippen LogP contribution in [0.4, 0.5) is 21.5 Å². The summed E-state index contributed by atoms with van der Waals surface area (Å²) in [6, 6.07) is 1.31. The van der Waals surface area contributed by atoms with E-state index < -0.39 is 15.8 Å². The normalized spacial score (nSPS) is 11.5. The Kier molecular flexibility index (Phi) is 5.21. The molecule has 1 aromatic rings. The minimum atomic E-state index is -3.38. The van der Waals surface area contributed by atoms with Crippen molar-refractivity contribution < 1.29 is 12.8 Å². The Hall–Kier alpha value is -1.25. The van der Waals surface area contributed by atoms with Crippen LogP contribution in [-0.2, 0) is 10.0 Å². The van der Waals surface area contributed by atoms with E-state index in [0.29, 0.717) is 6.54 Å². The third kappa shape index (κ3) is 4.12. The Labute approximate surface area is 116 Å². The predicted octanol–water partition coefficient (Wildman–Crippen LogP) is 0.995. The van der Waals surface area contributed by atoms with Crippen LogP contribution in [0.15, 0.2) is 6.07 Å². The third-order valence-electron chi connectivity index (χ3n) is 2.30. The molecule has 0 aliphatic rings. The molecule has 0 saturated carbocycles. The first-order valence-electron chi connectivity index (χ1n) is 5.52. The zero-order valence-electron chi connectivity index (χ0n) is 10.3. The molecule has 0 radical (unpaired) electrons. The van der Waals surface area contributed by atoms with Crippen molar-refractivity contribution in [3.63, 3.8) is 0 Å². The molecule has 0 bridgehead atoms. The van der Waals surface area contributed by atoms with Crippen LogP contribution in [0.25, 0.3) is 0 Å². The molecule has 0 unspecified atom stereocenters. The van der Waals surface area contributed by atoms with E-state index in [-0.39, 0.29) is 34.4 Å². The van der Waals surface area contributed by atoms with Crippen LogP contribution in [0.1, 0.15) is 6.92 Å². The lowest BCUT2D eigenvalue weighted by atomic mass is 10.2. The maximum absolute atomic E-state index is 13.8. The van der Waals surface area contributed by atoms with Gasteiger partial charge in [0.2, 0.25) is 10.0 Å². The van der Waals surface area contributed by atoms with E-state index in [2.05, 4.69) is 10.0 Å². The zero-order valence-corrected chi connectivity index (χ0v) is 11.9. The summed E-state index contributed by atoms with van der Waals surface area (Å²) in [6.07, 6.45) is 0. The summed E-state index contributed by atoms with van der Waals surface area (Å²) >= 11 is 5.65. The van der Waals surface area contributed by atoms with Gasteiger partial charge in [-0.25, -0.2) is 17.5 Å². The molecule has 0 fully saturated rings. The van der Waals surface area contributed by atoms with Gasteiger partial charge in [-0.3, -0.25) is 0 Å². The zero-order chi connectivity index (χ0) is 14.6. The van der Waals surface area contributed by atoms with Crippen LogP contribution in [0.2, 0.25) is 5.02 Å². The molecule has 0 aliphatic carbocycles. The highest BCUT2D eigenvalue weighted by molar-refractivity contribution is 7.89. The van der Waals surface area contributed by atoms with Crippen LogP contribution in [0.5, 0.6) is 0 Å². The number of anilines is 3. The van der Waals surface area contributed by atoms with E-state index in [0.717, 1.165) is 0 Å². The lowest BCUT2D eigenvalue weighted by Crippen LogP contribution is -2.29. The monoisotopic (exact) mass is 310 g/mol. The number of sulfonamides is 1. The van der Waals surface area contributed by atoms with Gasteiger partial charge < -0.3 is 16.8 Å². The minimum Gasteiger partial charge on any atom is -0.397 e. The van der Waals surface area contributed by atoms with Crippen LogP contribution in [0, 0.1) is 5.82 Å². The van der Waals surface area contributed by atoms with Gasteiger partial charge in [0.25, 0.3) is 0 Å². The summed E-state index contributed by atoms with van der Waals surface area (Å²) in [5.74, 6) is -0.998. The Balaban J connectivity index is 2.77. The Morgan fingerprint density at radius 1 is 1.37 bits per heavy atom. The second-order valence-electron chi connectivity index (χ2n) is 3.80. The van der Waals surface area contributed by atoms with E-state index in [9.17, 15) is 12.8 Å². The van der Waals surface area contributed by atoms with Crippen LogP contribution < -0.4 is 21.5 Å². The maximum atomic E-state index is 13.8. The van der Waals surface area contributed by atoms with Gasteiger partial charge in [0.15, 0.2) is 5.82 Å². The van der Waals surface area contributed by atoms with Crippen LogP contribution in [-0.4, -0.2) is 27.3 Å². The van der Waals surface area contributed by atoms with Crippen molar-refractivity contribution in [2.75, 3.05) is 35.6 Å². The molecule has 9 heteroatoms. The number of nitrogen functional groups attached to an aromatic ring is 2. The van der Waals surface area contributed by atoms with Gasteiger partial charge in [-0.05, 0) is 6.07 Å². The Bertz CT molecular complexity index is 565. The molecule has 0 spiro atoms. The molecule has 0 amide bonds. The molecule has 0 saturated heterocycles. The molecular weight excluding hydrogens is 295 g/mol. The molecule has 108 valence electrons. The number of benzene rings is 1. The molecule has 19 heavy (non-hydrogen) atoms. The van der Waals surface area contributed by atoms with Crippen molar-refractivity contribution in [3.05, 3.63) is 16.9 Å². The van der Waals surface area contributed by atoms with Gasteiger partial charge in [-0.2, -0.15) is 0 Å². The lowest BCUT2D eigenvalue weighted by Gasteiger charge is -2.13. The third-order valence-corrected chi connectivity index (χ3v) is 4.16. The van der Waals surface area contributed by atoms with E-state index in [1.807, 2.05) is 0 Å². The fraction of sp³-hybridized carbons (Fsp3) is 0.400. The average molecular weight is 311 g/mol. The van der Waals surface area contributed by atoms with E-state index in [4.69, 9.17) is 23.1 Å². The summed E-state index contributed by atoms with van der Waals surface area (Å²) in [7, 11) is -3.38. The number of halogens is 2. The predicted molar refractivity (Wildman–Crippen MR) is 76.2 cm³/mol. The van der Waals surface area contributed by atoms with Gasteiger partial charge in [-0.15, -0.1) is 0 Å². The second kappa shape index (κ2) is 6.27. The SMILES string of the molecule is CCNS(=O)(=O)CCNc1c(N)cc(N)c(Cl)c1F. The summed E-state index contributed by atoms with van der Waals surface area (Å²) in [5.41, 5.74) is 11.1. The molecule has 6 N–H and O–H groups in total. The van der Waals surface area contributed by atoms with Gasteiger partial charge in [0, 0.05) is 13.1 Å². The highest BCUT2D eigenvalue weighted by Gasteiger charge is 2.15. The quantitative estimate of drug-likeness (QED) is 0.586. The molecule has 1 rings (SSSR count). The van der Waals surface area contributed by atoms with Crippen molar-refractivity contribution >= 4 is 38.7 Å². The summed E-state index contributed by atoms with van der Waals surface area (Å²) in [4.78, 5) is 0. The Morgan fingerprint density at radius 2 is 2.00 bits per heavy atom. The molecule has 1 aromatic carbocycles. The fourth-order valence-electron chi connectivity index (χ4n) is 1.45. The Morgan fingerprint density at radius 3 is 2.58 bits per heavy atom. The van der Waals surface area contributed by atoms with Crippen molar-refractivity contribution in [1.82, 2.24) is 4.72 Å². The number of nitrogens with one attached hydrogen (secondary N) is 2. The molecular formula is C10H16ClFN4O2S. The topological polar surface area (TPSA) is 110 Å². The van der Waals surface area contributed by atoms with Crippen molar-refractivity contribution in [1.29, 1.82) is 0 Å². The molecule has 0 atom stereocenters. The number of nitrogens with two attached hydrogens (primary N) is 2. The molecule has 0 aliphatic heterocycles. The highest BCUT2D eigenvalue weighted by atomic mass is 35.5. The minimum absolute atomic E-state index is 0.00327. The van der Waals surface area contributed by atoms with Gasteiger partial charge in [0.1, 0.15) is 5.02 Å². The first kappa shape index (κ1) is 15.8. The highest BCUT2D eigenvalue weighted by Crippen LogP contribution is 2.33. The summed E-state index contributed by atoms with van der Waals surface area (Å²) in [5, 5.41) is 2.36. The van der Waals surface area contributed by atoms with Crippen molar-refractivity contribution in [3.8, 4) is 0 Å². The molecule has 0 heterocycles. The smallest absolute Gasteiger partial charge is 0.213 e. The van der Waals surface area contributed by atoms with Gasteiger partial charge >= 0.3 is 0 Å². The van der Waals surface area contributed by atoms with E-state index in [1.165, 1.54) is 6.07 Å². The fourth-order valence-corrected chi connectivity index (χ4v) is 2.55. The maximum Gasteiger partial charge on any atom is 0.213 e. The first-order chi connectivity index (χ1) is 8.78. The van der Waals surface area contributed by atoms with Gasteiger partial charge in [0.05, 0.1) is 22.8 Å². The largest absolute Gasteiger partial charge is 0.397 e. The number of hydrogen-bond acceptors (Lipinski definition) is 5. The van der Waals surface area contributed by atoms with Crippen molar-refractivity contribution in [2.24, 2.45) is 0 Å². The number of hydrogen-bond donors (Lipinski definition) is 4. The van der Waals surface area contributed by atoms with Crippen LogP contribution >= 0.6 is 11.6 Å². The second-order valence-corrected chi connectivity index (χ2v) is 6.11. The average Bonchev–Trinajstić information content (AvgIpc) is 2.30. The van der Waals surface area contributed by atoms with E-state index >= 15 is 0 Å². The molecule has 6 nitrogen and oxygen atoms in total. The van der Waals surface area contributed by atoms with Crippen LogP contribution in [0.3, 0.4) is 0 Å². The van der Waals surface area contributed by atoms with Crippen molar-refractivity contribution in [2.45, 2.75) is 6.92 Å².